The normalized spacial score (nSPS) is 13.6. The van der Waals surface area contributed by atoms with Gasteiger partial charge in [-0.1, -0.05) is 12.1 Å². The average molecular weight is 381 g/mol. The molecule has 0 bridgehead atoms. The Balaban J connectivity index is 1.71. The lowest BCUT2D eigenvalue weighted by Gasteiger charge is -2.22. The van der Waals surface area contributed by atoms with Gasteiger partial charge in [0, 0.05) is 23.9 Å². The van der Waals surface area contributed by atoms with E-state index in [1.54, 1.807) is 19.2 Å². The number of fused-ring (bicyclic) bond motifs is 1. The highest BCUT2D eigenvalue weighted by atomic mass is 19.4. The number of methoxy groups -OCH3 is 1. The molecule has 0 atom stereocenters. The fraction of sp³-hybridized carbons (Fsp3) is 0.316. The summed E-state index contributed by atoms with van der Waals surface area (Å²) in [6, 6.07) is 8.02. The van der Waals surface area contributed by atoms with E-state index in [0.717, 1.165) is 23.3 Å². The van der Waals surface area contributed by atoms with E-state index in [1.165, 1.54) is 12.1 Å². The van der Waals surface area contributed by atoms with E-state index in [2.05, 4.69) is 5.32 Å². The molecule has 2 aromatic carbocycles. The largest absolute Gasteiger partial charge is 0.467 e. The molecule has 0 aliphatic carbocycles. The first-order chi connectivity index (χ1) is 12.9. The van der Waals surface area contributed by atoms with Crippen molar-refractivity contribution >= 4 is 11.6 Å². The molecule has 1 aliphatic heterocycles. The zero-order chi connectivity index (χ0) is 19.4. The molecule has 0 spiro atoms. The van der Waals surface area contributed by atoms with Gasteiger partial charge in [0.25, 0.3) is 0 Å². The van der Waals surface area contributed by atoms with E-state index in [4.69, 9.17) is 14.2 Å². The van der Waals surface area contributed by atoms with Crippen LogP contribution in [0.25, 0.3) is 0 Å². The monoisotopic (exact) mass is 381 g/mol. The molecule has 144 valence electrons. The lowest BCUT2D eigenvalue weighted by molar-refractivity contribution is -0.137. The molecule has 0 aromatic heterocycles. The molecule has 1 N–H and O–H groups in total. The Bertz CT molecular complexity index is 819. The molecule has 1 amide bonds. The first-order valence-corrected chi connectivity index (χ1v) is 8.18. The molecule has 1 aliphatic rings. The molecule has 0 fully saturated rings. The maximum absolute atomic E-state index is 12.6. The van der Waals surface area contributed by atoms with E-state index in [1.807, 2.05) is 0 Å². The van der Waals surface area contributed by atoms with Crippen molar-refractivity contribution in [3.05, 3.63) is 58.7 Å². The number of amides is 1. The lowest BCUT2D eigenvalue weighted by atomic mass is 10.1. The van der Waals surface area contributed by atoms with Gasteiger partial charge in [-0.3, -0.25) is 4.79 Å². The molecule has 5 nitrogen and oxygen atoms in total. The van der Waals surface area contributed by atoms with E-state index >= 15 is 0 Å². The van der Waals surface area contributed by atoms with E-state index in [0.29, 0.717) is 30.2 Å². The third-order valence-corrected chi connectivity index (χ3v) is 4.02. The van der Waals surface area contributed by atoms with Crippen molar-refractivity contribution < 1.29 is 32.2 Å². The lowest BCUT2D eigenvalue weighted by Crippen LogP contribution is -2.17. The van der Waals surface area contributed by atoms with Crippen LogP contribution in [0.1, 0.15) is 22.3 Å². The summed E-state index contributed by atoms with van der Waals surface area (Å²) in [4.78, 5) is 12.3. The van der Waals surface area contributed by atoms with E-state index in [-0.39, 0.29) is 19.1 Å². The van der Waals surface area contributed by atoms with Crippen LogP contribution in [0, 0.1) is 0 Å². The van der Waals surface area contributed by atoms with Crippen molar-refractivity contribution in [1.29, 1.82) is 0 Å². The number of carbonyl (C=O) groups excluding carboxylic acids is 1. The number of anilines is 1. The summed E-state index contributed by atoms with van der Waals surface area (Å²) < 4.78 is 53.7. The highest BCUT2D eigenvalue weighted by Gasteiger charge is 2.30. The third kappa shape index (κ3) is 4.78. The summed E-state index contributed by atoms with van der Waals surface area (Å²) in [5.41, 5.74) is 1.86. The second-order valence-corrected chi connectivity index (χ2v) is 6.09. The number of hydrogen-bond acceptors (Lipinski definition) is 4. The molecular weight excluding hydrogens is 363 g/mol. The minimum Gasteiger partial charge on any atom is -0.467 e. The second kappa shape index (κ2) is 7.98. The summed E-state index contributed by atoms with van der Waals surface area (Å²) in [5, 5.41) is 2.76. The molecule has 8 heteroatoms. The summed E-state index contributed by atoms with van der Waals surface area (Å²) in [7, 11) is 1.56. The second-order valence-electron chi connectivity index (χ2n) is 6.09. The number of rotatable bonds is 5. The first kappa shape index (κ1) is 19.2. The molecule has 2 aromatic rings. The van der Waals surface area contributed by atoms with Crippen LogP contribution in [0.3, 0.4) is 0 Å². The minimum absolute atomic E-state index is 0.0398. The number of hydrogen-bond donors (Lipinski definition) is 1. The first-order valence-electron chi connectivity index (χ1n) is 8.18. The van der Waals surface area contributed by atoms with Gasteiger partial charge < -0.3 is 19.5 Å². The molecule has 3 rings (SSSR count). The van der Waals surface area contributed by atoms with Gasteiger partial charge in [0.2, 0.25) is 5.91 Å². The van der Waals surface area contributed by atoms with Crippen molar-refractivity contribution in [2.45, 2.75) is 25.8 Å². The number of benzene rings is 2. The van der Waals surface area contributed by atoms with Crippen LogP contribution >= 0.6 is 0 Å². The topological polar surface area (TPSA) is 56.8 Å². The fourth-order valence-corrected chi connectivity index (χ4v) is 2.84. The Kier molecular flexibility index (Phi) is 5.67. The maximum Gasteiger partial charge on any atom is 0.416 e. The van der Waals surface area contributed by atoms with Crippen LogP contribution in [-0.2, 0) is 40.1 Å². The molecule has 0 unspecified atom stereocenters. The Labute approximate surface area is 154 Å². The summed E-state index contributed by atoms with van der Waals surface area (Å²) in [5.74, 6) is 0.347. The van der Waals surface area contributed by atoms with Crippen LogP contribution in [-0.4, -0.2) is 19.8 Å². The Morgan fingerprint density at radius 2 is 1.96 bits per heavy atom. The van der Waals surface area contributed by atoms with Crippen molar-refractivity contribution in [3.63, 3.8) is 0 Å². The molecule has 0 saturated carbocycles. The SMILES string of the molecule is COCc1cc(NC(=O)Cc2ccc(C(F)(F)F)cc2)cc2c1OCOC2. The number of nitrogens with one attached hydrogen (secondary N) is 1. The molecule has 0 saturated heterocycles. The van der Waals surface area contributed by atoms with Crippen LogP contribution in [0.5, 0.6) is 5.75 Å². The smallest absolute Gasteiger partial charge is 0.416 e. The predicted molar refractivity (Wildman–Crippen MR) is 91.2 cm³/mol. The van der Waals surface area contributed by atoms with Crippen LogP contribution in [0.2, 0.25) is 0 Å². The fourth-order valence-electron chi connectivity index (χ4n) is 2.84. The van der Waals surface area contributed by atoms with Gasteiger partial charge in [0.1, 0.15) is 5.75 Å². The summed E-state index contributed by atoms with van der Waals surface area (Å²) >= 11 is 0. The Morgan fingerprint density at radius 3 is 2.63 bits per heavy atom. The number of halogens is 3. The Hall–Kier alpha value is -2.58. The highest BCUT2D eigenvalue weighted by molar-refractivity contribution is 5.92. The van der Waals surface area contributed by atoms with E-state index in [9.17, 15) is 18.0 Å². The molecular formula is C19H18F3NO4. The van der Waals surface area contributed by atoms with Crippen LogP contribution in [0.15, 0.2) is 36.4 Å². The van der Waals surface area contributed by atoms with Crippen molar-refractivity contribution in [3.8, 4) is 5.75 Å². The van der Waals surface area contributed by atoms with Gasteiger partial charge in [0.05, 0.1) is 25.2 Å². The standard InChI is InChI=1S/C19H18F3NO4/c1-25-9-13-7-16(8-14-10-26-11-27-18(13)14)23-17(24)6-12-2-4-15(5-3-12)19(20,21)22/h2-5,7-8H,6,9-11H2,1H3,(H,23,24). The van der Waals surface area contributed by atoms with Crippen LogP contribution in [0.4, 0.5) is 18.9 Å². The predicted octanol–water partition coefficient (Wildman–Crippen LogP) is 3.90. The third-order valence-electron chi connectivity index (χ3n) is 4.02. The van der Waals surface area contributed by atoms with Crippen molar-refractivity contribution in [1.82, 2.24) is 0 Å². The van der Waals surface area contributed by atoms with Gasteiger partial charge in [0.15, 0.2) is 6.79 Å². The zero-order valence-electron chi connectivity index (χ0n) is 14.6. The molecule has 1 heterocycles. The van der Waals surface area contributed by atoms with E-state index < -0.39 is 11.7 Å². The number of carbonyl (C=O) groups is 1. The van der Waals surface area contributed by atoms with Gasteiger partial charge in [-0.05, 0) is 29.8 Å². The Morgan fingerprint density at radius 1 is 1.22 bits per heavy atom. The average Bonchev–Trinajstić information content (AvgIpc) is 2.61. The zero-order valence-corrected chi connectivity index (χ0v) is 14.6. The highest BCUT2D eigenvalue weighted by Crippen LogP contribution is 2.32. The van der Waals surface area contributed by atoms with Gasteiger partial charge in [-0.2, -0.15) is 13.2 Å². The molecule has 0 radical (unpaired) electrons. The number of alkyl halides is 3. The number of ether oxygens (including phenoxy) is 3. The maximum atomic E-state index is 12.6. The summed E-state index contributed by atoms with van der Waals surface area (Å²) in [6.07, 6.45) is -4.44. The van der Waals surface area contributed by atoms with Crippen LogP contribution < -0.4 is 10.1 Å². The van der Waals surface area contributed by atoms with Gasteiger partial charge >= 0.3 is 6.18 Å². The summed E-state index contributed by atoms with van der Waals surface area (Å²) in [6.45, 7) is 0.822. The van der Waals surface area contributed by atoms with Gasteiger partial charge in [-0.25, -0.2) is 0 Å². The minimum atomic E-state index is -4.40. The van der Waals surface area contributed by atoms with Crippen molar-refractivity contribution in [2.75, 3.05) is 19.2 Å². The molecule has 27 heavy (non-hydrogen) atoms. The van der Waals surface area contributed by atoms with Crippen molar-refractivity contribution in [2.24, 2.45) is 0 Å². The van der Waals surface area contributed by atoms with Gasteiger partial charge in [-0.15, -0.1) is 0 Å². The quantitative estimate of drug-likeness (QED) is 0.854.